The Bertz CT molecular complexity index is 841. The van der Waals surface area contributed by atoms with Gasteiger partial charge in [0.25, 0.3) is 5.91 Å². The second-order valence-corrected chi connectivity index (χ2v) is 7.34. The van der Waals surface area contributed by atoms with Crippen LogP contribution in [0.5, 0.6) is 11.5 Å². The van der Waals surface area contributed by atoms with Gasteiger partial charge in [0.05, 0.1) is 7.11 Å². The Morgan fingerprint density at radius 2 is 1.97 bits per heavy atom. The lowest BCUT2D eigenvalue weighted by Gasteiger charge is -2.30. The number of carbonyl (C=O) groups excluding carboxylic acids is 1. The predicted octanol–water partition coefficient (Wildman–Crippen LogP) is 2.42. The van der Waals surface area contributed by atoms with Crippen molar-refractivity contribution in [1.29, 1.82) is 0 Å². The van der Waals surface area contributed by atoms with Crippen LogP contribution in [0.3, 0.4) is 0 Å². The molecule has 2 aromatic rings. The number of rotatable bonds is 6. The van der Waals surface area contributed by atoms with Gasteiger partial charge in [-0.15, -0.1) is 0 Å². The lowest BCUT2D eigenvalue weighted by molar-refractivity contribution is -0.00498. The molecule has 0 bridgehead atoms. The molecule has 1 heterocycles. The molecule has 156 valence electrons. The maximum Gasteiger partial charge on any atom is 0.274 e. The summed E-state index contributed by atoms with van der Waals surface area (Å²) < 4.78 is 11.3. The predicted molar refractivity (Wildman–Crippen MR) is 108 cm³/mol. The van der Waals surface area contributed by atoms with Crippen LogP contribution in [0.2, 0.25) is 0 Å². The molecule has 0 saturated carbocycles. The van der Waals surface area contributed by atoms with Gasteiger partial charge in [-0.2, -0.15) is 0 Å². The number of nitrogens with one attached hydrogen (secondary N) is 2. The van der Waals surface area contributed by atoms with Crippen LogP contribution in [-0.2, 0) is 6.54 Å². The Morgan fingerprint density at radius 3 is 2.59 bits per heavy atom. The lowest BCUT2D eigenvalue weighted by Crippen LogP contribution is -2.45. The van der Waals surface area contributed by atoms with Crippen LogP contribution < -0.4 is 20.3 Å². The number of hydrogen-bond acceptors (Lipinski definition) is 7. The number of aliphatic hydroxyl groups is 1. The first-order chi connectivity index (χ1) is 13.9. The van der Waals surface area contributed by atoms with Gasteiger partial charge in [-0.05, 0) is 42.3 Å². The SMILES string of the molecule is COc1ccc(NC(O)N2Cc3ccc(C(=O)NO)cc3O[C@H](C(C)C)C2)cc1. The normalized spacial score (nSPS) is 17.7. The van der Waals surface area contributed by atoms with Gasteiger partial charge in [-0.25, -0.2) is 5.48 Å². The highest BCUT2D eigenvalue weighted by Crippen LogP contribution is 2.29. The van der Waals surface area contributed by atoms with E-state index in [1.54, 1.807) is 30.8 Å². The van der Waals surface area contributed by atoms with Gasteiger partial charge >= 0.3 is 0 Å². The monoisotopic (exact) mass is 401 g/mol. The van der Waals surface area contributed by atoms with E-state index in [0.717, 1.165) is 17.0 Å². The standard InChI is InChI=1S/C21H27N3O5/c1-13(2)19-12-24(21(26)22-16-6-8-17(28-3)9-7-16)11-15-5-4-14(20(25)23-27)10-18(15)29-19/h4-10,13,19,21-22,26-27H,11-12H2,1-3H3,(H,23,25)/t19-,21?/m0/s1. The van der Waals surface area contributed by atoms with Gasteiger partial charge in [0.15, 0.2) is 6.35 Å². The molecule has 1 unspecified atom stereocenters. The summed E-state index contributed by atoms with van der Waals surface area (Å²) in [5.74, 6) is 0.903. The highest BCUT2D eigenvalue weighted by molar-refractivity contribution is 5.93. The first-order valence-corrected chi connectivity index (χ1v) is 9.48. The quantitative estimate of drug-likeness (QED) is 0.335. The van der Waals surface area contributed by atoms with E-state index in [2.05, 4.69) is 5.32 Å². The summed E-state index contributed by atoms with van der Waals surface area (Å²) in [7, 11) is 1.60. The van der Waals surface area contributed by atoms with Gasteiger partial charge in [-0.3, -0.25) is 14.9 Å². The van der Waals surface area contributed by atoms with Gasteiger partial charge in [0.2, 0.25) is 0 Å². The largest absolute Gasteiger partial charge is 0.497 e. The lowest BCUT2D eigenvalue weighted by atomic mass is 10.1. The summed E-state index contributed by atoms with van der Waals surface area (Å²) in [6.07, 6.45) is -1.12. The Hall–Kier alpha value is -2.81. The molecule has 29 heavy (non-hydrogen) atoms. The molecule has 8 nitrogen and oxygen atoms in total. The molecule has 2 aromatic carbocycles. The summed E-state index contributed by atoms with van der Waals surface area (Å²) in [4.78, 5) is 13.6. The van der Waals surface area contributed by atoms with E-state index in [-0.39, 0.29) is 12.0 Å². The maximum atomic E-state index is 11.7. The summed E-state index contributed by atoms with van der Waals surface area (Å²) in [6, 6.07) is 12.3. The van der Waals surface area contributed by atoms with E-state index < -0.39 is 12.3 Å². The molecule has 0 spiro atoms. The number of benzene rings is 2. The van der Waals surface area contributed by atoms with E-state index in [4.69, 9.17) is 14.7 Å². The number of methoxy groups -OCH3 is 1. The fraction of sp³-hybridized carbons (Fsp3) is 0.381. The highest BCUT2D eigenvalue weighted by Gasteiger charge is 2.29. The zero-order chi connectivity index (χ0) is 21.0. The van der Waals surface area contributed by atoms with Gasteiger partial charge in [0, 0.05) is 29.9 Å². The maximum absolute atomic E-state index is 11.7. The van der Waals surface area contributed by atoms with Crippen LogP contribution in [0.4, 0.5) is 5.69 Å². The minimum absolute atomic E-state index is 0.184. The first-order valence-electron chi connectivity index (χ1n) is 9.48. The number of ether oxygens (including phenoxy) is 2. The highest BCUT2D eigenvalue weighted by atomic mass is 16.5. The minimum atomic E-state index is -0.931. The number of aliphatic hydroxyl groups excluding tert-OH is 1. The van der Waals surface area contributed by atoms with Crippen molar-refractivity contribution in [2.75, 3.05) is 19.0 Å². The average molecular weight is 401 g/mol. The van der Waals surface area contributed by atoms with Gasteiger partial charge in [-0.1, -0.05) is 19.9 Å². The zero-order valence-corrected chi connectivity index (χ0v) is 16.8. The number of fused-ring (bicyclic) bond motifs is 1. The van der Waals surface area contributed by atoms with Crippen molar-refractivity contribution < 1.29 is 24.6 Å². The third-order valence-corrected chi connectivity index (χ3v) is 4.97. The van der Waals surface area contributed by atoms with Crippen LogP contribution in [0.1, 0.15) is 29.8 Å². The molecule has 1 aliphatic heterocycles. The van der Waals surface area contributed by atoms with E-state index in [1.165, 1.54) is 0 Å². The van der Waals surface area contributed by atoms with Crippen LogP contribution in [0, 0.1) is 5.92 Å². The molecule has 0 saturated heterocycles. The van der Waals surface area contributed by atoms with E-state index in [1.807, 2.05) is 43.0 Å². The molecule has 1 amide bonds. The van der Waals surface area contributed by atoms with Crippen LogP contribution in [0.15, 0.2) is 42.5 Å². The molecule has 8 heteroatoms. The van der Waals surface area contributed by atoms with Crippen LogP contribution >= 0.6 is 0 Å². The molecule has 0 aliphatic carbocycles. The number of nitrogens with zero attached hydrogens (tertiary/aromatic N) is 1. The average Bonchev–Trinajstić information content (AvgIpc) is 2.93. The molecule has 1 aliphatic rings. The number of hydroxylamine groups is 1. The van der Waals surface area contributed by atoms with E-state index in [9.17, 15) is 9.90 Å². The summed E-state index contributed by atoms with van der Waals surface area (Å²) in [5.41, 5.74) is 3.55. The van der Waals surface area contributed by atoms with E-state index in [0.29, 0.717) is 24.4 Å². The van der Waals surface area contributed by atoms with Crippen molar-refractivity contribution in [3.05, 3.63) is 53.6 Å². The topological polar surface area (TPSA) is 103 Å². The van der Waals surface area contributed by atoms with Crippen LogP contribution in [0.25, 0.3) is 0 Å². The Morgan fingerprint density at radius 1 is 1.24 bits per heavy atom. The van der Waals surface area contributed by atoms with Gasteiger partial charge < -0.3 is 19.9 Å². The fourth-order valence-corrected chi connectivity index (χ4v) is 3.18. The summed E-state index contributed by atoms with van der Waals surface area (Å²) in [6.45, 7) is 5.02. The van der Waals surface area contributed by atoms with Crippen molar-refractivity contribution >= 4 is 11.6 Å². The van der Waals surface area contributed by atoms with Crippen molar-refractivity contribution in [3.8, 4) is 11.5 Å². The summed E-state index contributed by atoms with van der Waals surface area (Å²) in [5, 5.41) is 22.8. The Kier molecular flexibility index (Phi) is 6.58. The third-order valence-electron chi connectivity index (χ3n) is 4.97. The molecule has 4 N–H and O–H groups in total. The second-order valence-electron chi connectivity index (χ2n) is 7.34. The molecule has 3 rings (SSSR count). The number of hydrogen-bond donors (Lipinski definition) is 4. The van der Waals surface area contributed by atoms with Gasteiger partial charge in [0.1, 0.15) is 17.6 Å². The number of anilines is 1. The van der Waals surface area contributed by atoms with Crippen molar-refractivity contribution in [2.24, 2.45) is 5.92 Å². The number of carbonyl (C=O) groups is 1. The van der Waals surface area contributed by atoms with Crippen molar-refractivity contribution in [1.82, 2.24) is 10.4 Å². The third kappa shape index (κ3) is 4.97. The molecule has 0 fully saturated rings. The second kappa shape index (κ2) is 9.13. The Labute approximate surface area is 170 Å². The smallest absolute Gasteiger partial charge is 0.274 e. The van der Waals surface area contributed by atoms with Crippen LogP contribution in [-0.4, -0.2) is 47.2 Å². The Balaban J connectivity index is 1.82. The zero-order valence-electron chi connectivity index (χ0n) is 16.8. The molecule has 0 aromatic heterocycles. The summed E-state index contributed by atoms with van der Waals surface area (Å²) >= 11 is 0. The minimum Gasteiger partial charge on any atom is -0.497 e. The molecule has 2 atom stereocenters. The molecule has 0 radical (unpaired) electrons. The van der Waals surface area contributed by atoms with E-state index >= 15 is 0 Å². The molecular formula is C21H27N3O5. The van der Waals surface area contributed by atoms with Crippen molar-refractivity contribution in [3.63, 3.8) is 0 Å². The van der Waals surface area contributed by atoms with Crippen molar-refractivity contribution in [2.45, 2.75) is 32.8 Å². The fourth-order valence-electron chi connectivity index (χ4n) is 3.18. The number of amides is 1. The first kappa shape index (κ1) is 20.9. The molecular weight excluding hydrogens is 374 g/mol.